The SMILES string of the molecule is CCN1CCS(=O)CC1=O.Fc1cccc(F)c1.O=CO. The van der Waals surface area contributed by atoms with Crippen molar-refractivity contribution in [1.29, 1.82) is 0 Å². The van der Waals surface area contributed by atoms with Gasteiger partial charge in [-0.1, -0.05) is 6.07 Å². The van der Waals surface area contributed by atoms with Crippen LogP contribution >= 0.6 is 0 Å². The molecule has 1 aliphatic rings. The molecule has 118 valence electrons. The van der Waals surface area contributed by atoms with Gasteiger partial charge in [0.25, 0.3) is 6.47 Å². The molecule has 2 rings (SSSR count). The highest BCUT2D eigenvalue weighted by molar-refractivity contribution is 7.85. The number of carbonyl (C=O) groups is 2. The van der Waals surface area contributed by atoms with E-state index in [0.29, 0.717) is 12.3 Å². The van der Waals surface area contributed by atoms with Crippen molar-refractivity contribution in [3.63, 3.8) is 0 Å². The Labute approximate surface area is 124 Å². The summed E-state index contributed by atoms with van der Waals surface area (Å²) in [4.78, 5) is 21.1. The maximum absolute atomic E-state index is 11.9. The first-order valence-electron chi connectivity index (χ1n) is 6.06. The van der Waals surface area contributed by atoms with E-state index >= 15 is 0 Å². The number of hydrogen-bond donors (Lipinski definition) is 1. The molecule has 1 atom stereocenters. The second-order valence-electron chi connectivity index (χ2n) is 3.81. The van der Waals surface area contributed by atoms with E-state index in [9.17, 15) is 17.8 Å². The number of rotatable bonds is 1. The second-order valence-corrected chi connectivity index (χ2v) is 5.38. The van der Waals surface area contributed by atoms with Crippen LogP contribution in [0.5, 0.6) is 0 Å². The summed E-state index contributed by atoms with van der Waals surface area (Å²) in [6, 6.07) is 4.55. The molecule has 0 bridgehead atoms. The van der Waals surface area contributed by atoms with Gasteiger partial charge in [0.2, 0.25) is 5.91 Å². The van der Waals surface area contributed by atoms with E-state index in [1.54, 1.807) is 4.90 Å². The minimum atomic E-state index is -0.884. The quantitative estimate of drug-likeness (QED) is 0.790. The molecule has 1 aromatic carbocycles. The molecule has 21 heavy (non-hydrogen) atoms. The van der Waals surface area contributed by atoms with E-state index in [1.165, 1.54) is 18.2 Å². The molecule has 0 aromatic heterocycles. The highest BCUT2D eigenvalue weighted by Crippen LogP contribution is 2.00. The first-order chi connectivity index (χ1) is 9.94. The Bertz CT molecular complexity index is 468. The summed E-state index contributed by atoms with van der Waals surface area (Å²) in [5.41, 5.74) is 0. The van der Waals surface area contributed by atoms with Crippen LogP contribution in [-0.4, -0.2) is 51.2 Å². The Kier molecular flexibility index (Phi) is 9.95. The van der Waals surface area contributed by atoms with Gasteiger partial charge in [0, 0.05) is 35.7 Å². The Morgan fingerprint density at radius 1 is 1.38 bits per heavy atom. The lowest BCUT2D eigenvalue weighted by atomic mass is 10.3. The van der Waals surface area contributed by atoms with Crippen molar-refractivity contribution in [2.24, 2.45) is 0 Å². The first-order valence-corrected chi connectivity index (χ1v) is 7.55. The molecule has 5 nitrogen and oxygen atoms in total. The fourth-order valence-electron chi connectivity index (χ4n) is 1.43. The van der Waals surface area contributed by atoms with E-state index in [-0.39, 0.29) is 18.1 Å². The predicted octanol–water partition coefficient (Wildman–Crippen LogP) is 1.26. The lowest BCUT2D eigenvalue weighted by Crippen LogP contribution is -2.42. The second kappa shape index (κ2) is 10.9. The largest absolute Gasteiger partial charge is 0.483 e. The van der Waals surface area contributed by atoms with Gasteiger partial charge in [-0.2, -0.15) is 0 Å². The van der Waals surface area contributed by atoms with Crippen LogP contribution in [-0.2, 0) is 20.4 Å². The van der Waals surface area contributed by atoms with Crippen molar-refractivity contribution in [2.75, 3.05) is 24.6 Å². The molecule has 0 spiro atoms. The number of nitrogens with zero attached hydrogens (tertiary/aromatic N) is 1. The number of amides is 1. The van der Waals surface area contributed by atoms with Gasteiger partial charge in [0.1, 0.15) is 17.4 Å². The van der Waals surface area contributed by atoms with Crippen LogP contribution in [0.1, 0.15) is 6.92 Å². The van der Waals surface area contributed by atoms with Crippen LogP contribution in [0.15, 0.2) is 24.3 Å². The zero-order valence-electron chi connectivity index (χ0n) is 11.5. The summed E-state index contributed by atoms with van der Waals surface area (Å²) in [5, 5.41) is 6.89. The minimum Gasteiger partial charge on any atom is -0.483 e. The molecule has 1 amide bonds. The van der Waals surface area contributed by atoms with Crippen molar-refractivity contribution in [3.05, 3.63) is 35.9 Å². The Morgan fingerprint density at radius 3 is 2.24 bits per heavy atom. The topological polar surface area (TPSA) is 74.7 Å². The number of hydrogen-bond acceptors (Lipinski definition) is 3. The van der Waals surface area contributed by atoms with E-state index in [1.807, 2.05) is 6.92 Å². The van der Waals surface area contributed by atoms with Gasteiger partial charge in [-0.15, -0.1) is 0 Å². The average molecular weight is 321 g/mol. The molecule has 0 saturated carbocycles. The fraction of sp³-hybridized carbons (Fsp3) is 0.385. The zero-order valence-corrected chi connectivity index (χ0v) is 12.3. The summed E-state index contributed by atoms with van der Waals surface area (Å²) in [7, 11) is -0.884. The Morgan fingerprint density at radius 2 is 1.90 bits per heavy atom. The molecule has 1 N–H and O–H groups in total. The maximum Gasteiger partial charge on any atom is 0.290 e. The highest BCUT2D eigenvalue weighted by atomic mass is 32.2. The van der Waals surface area contributed by atoms with Crippen LogP contribution in [0.25, 0.3) is 0 Å². The number of halogens is 2. The van der Waals surface area contributed by atoms with Crippen molar-refractivity contribution < 1.29 is 27.7 Å². The molecule has 1 heterocycles. The number of carboxylic acid groups (broad SMARTS) is 1. The molecular weight excluding hydrogens is 304 g/mol. The summed E-state index contributed by atoms with van der Waals surface area (Å²) < 4.78 is 34.7. The predicted molar refractivity (Wildman–Crippen MR) is 75.2 cm³/mol. The molecule has 1 fully saturated rings. The molecule has 8 heteroatoms. The summed E-state index contributed by atoms with van der Waals surface area (Å²) >= 11 is 0. The standard InChI is InChI=1S/C6H4F2.C6H11NO2S.CH2O2/c7-5-2-1-3-6(8)4-5;1-2-7-3-4-10(9)5-6(7)8;2-1-3/h1-4H;2-5H2,1H3;1H,(H,2,3). The van der Waals surface area contributed by atoms with E-state index in [0.717, 1.165) is 12.6 Å². The van der Waals surface area contributed by atoms with Crippen LogP contribution in [0.3, 0.4) is 0 Å². The molecule has 0 aliphatic carbocycles. The van der Waals surface area contributed by atoms with E-state index < -0.39 is 22.4 Å². The monoisotopic (exact) mass is 321 g/mol. The minimum absolute atomic E-state index is 0.0343. The number of carbonyl (C=O) groups excluding carboxylic acids is 1. The zero-order chi connectivity index (χ0) is 16.3. The van der Waals surface area contributed by atoms with Gasteiger partial charge in [0.15, 0.2) is 0 Å². The molecule has 0 radical (unpaired) electrons. The van der Waals surface area contributed by atoms with Crippen LogP contribution in [0, 0.1) is 11.6 Å². The van der Waals surface area contributed by atoms with Crippen molar-refractivity contribution in [3.8, 4) is 0 Å². The van der Waals surface area contributed by atoms with E-state index in [2.05, 4.69) is 0 Å². The van der Waals surface area contributed by atoms with Crippen LogP contribution in [0.4, 0.5) is 8.78 Å². The highest BCUT2D eigenvalue weighted by Gasteiger charge is 2.20. The van der Waals surface area contributed by atoms with Crippen LogP contribution < -0.4 is 0 Å². The van der Waals surface area contributed by atoms with Gasteiger partial charge in [-0.3, -0.25) is 13.8 Å². The van der Waals surface area contributed by atoms with Gasteiger partial charge in [-0.05, 0) is 19.1 Å². The van der Waals surface area contributed by atoms with Crippen molar-refractivity contribution >= 4 is 23.2 Å². The smallest absolute Gasteiger partial charge is 0.290 e. The lowest BCUT2D eigenvalue weighted by molar-refractivity contribution is -0.128. The molecule has 1 aromatic rings. The summed E-state index contributed by atoms with van der Waals surface area (Å²) in [6.07, 6.45) is 0. The van der Waals surface area contributed by atoms with Gasteiger partial charge >= 0.3 is 0 Å². The maximum atomic E-state index is 11.9. The molecular formula is C13H17F2NO4S. The lowest BCUT2D eigenvalue weighted by Gasteiger charge is -2.24. The third-order valence-corrected chi connectivity index (χ3v) is 3.60. The molecule has 1 aliphatic heterocycles. The Balaban J connectivity index is 0.000000327. The molecule has 1 unspecified atom stereocenters. The van der Waals surface area contributed by atoms with Gasteiger partial charge in [0.05, 0.1) is 0 Å². The van der Waals surface area contributed by atoms with Gasteiger partial charge < -0.3 is 10.0 Å². The fourth-order valence-corrected chi connectivity index (χ4v) is 2.46. The number of benzene rings is 1. The van der Waals surface area contributed by atoms with Crippen molar-refractivity contribution in [2.45, 2.75) is 6.92 Å². The average Bonchev–Trinajstić information content (AvgIpc) is 2.40. The van der Waals surface area contributed by atoms with E-state index in [4.69, 9.17) is 9.90 Å². The normalized spacial score (nSPS) is 17.0. The Hall–Kier alpha value is -1.83. The van der Waals surface area contributed by atoms with Gasteiger partial charge in [-0.25, -0.2) is 8.78 Å². The summed E-state index contributed by atoms with van der Waals surface area (Å²) in [6.45, 7) is 3.10. The molecule has 1 saturated heterocycles. The van der Waals surface area contributed by atoms with Crippen molar-refractivity contribution in [1.82, 2.24) is 4.90 Å². The third kappa shape index (κ3) is 8.85. The van der Waals surface area contributed by atoms with Crippen LogP contribution in [0.2, 0.25) is 0 Å². The third-order valence-electron chi connectivity index (χ3n) is 2.39. The first kappa shape index (κ1) is 19.2. The summed E-state index contributed by atoms with van der Waals surface area (Å²) in [5.74, 6) is -0.157.